The van der Waals surface area contributed by atoms with Gasteiger partial charge < -0.3 is 32.9 Å². The van der Waals surface area contributed by atoms with Crippen molar-refractivity contribution in [3.63, 3.8) is 0 Å². The predicted octanol–water partition coefficient (Wildman–Crippen LogP) is 6.13. The van der Waals surface area contributed by atoms with Crippen molar-refractivity contribution in [1.82, 2.24) is 29.0 Å². The summed E-state index contributed by atoms with van der Waals surface area (Å²) in [6.45, 7) is 12.0. The third kappa shape index (κ3) is 8.41. The zero-order chi connectivity index (χ0) is 44.3. The molecule has 0 aliphatic carbocycles. The predicted molar refractivity (Wildman–Crippen MR) is 234 cm³/mol. The number of methoxy groups -OCH3 is 2. The second kappa shape index (κ2) is 18.5. The highest BCUT2D eigenvalue weighted by Gasteiger charge is 2.68. The second-order valence-corrected chi connectivity index (χ2v) is 17.5. The summed E-state index contributed by atoms with van der Waals surface area (Å²) in [5, 5.41) is 14.4. The van der Waals surface area contributed by atoms with Crippen LogP contribution in [0.25, 0.3) is 0 Å². The van der Waals surface area contributed by atoms with E-state index in [1.807, 2.05) is 97.7 Å². The van der Waals surface area contributed by atoms with Gasteiger partial charge in [0.25, 0.3) is 14.1 Å². The Balaban J connectivity index is 1.45. The number of aromatic nitrogens is 5. The Hall–Kier alpha value is -5.40. The van der Waals surface area contributed by atoms with E-state index >= 15 is 0 Å². The molecule has 1 N–H and O–H groups in total. The number of anilines is 1. The number of aryl methyl sites for hydroxylation is 3. The molecular formula is C45H55N8O8P. The first kappa shape index (κ1) is 44.6. The number of morpholine rings is 1. The molecule has 0 saturated carbocycles. The molecule has 2 aliphatic heterocycles. The third-order valence-electron chi connectivity index (χ3n) is 11.5. The van der Waals surface area contributed by atoms with Gasteiger partial charge in [-0.3, -0.25) is 19.0 Å². The van der Waals surface area contributed by atoms with Crippen LogP contribution in [0.5, 0.6) is 11.5 Å². The Kier molecular flexibility index (Phi) is 13.3. The molecule has 4 heterocycles. The maximum absolute atomic E-state index is 13.8. The second-order valence-electron chi connectivity index (χ2n) is 16.1. The summed E-state index contributed by atoms with van der Waals surface area (Å²) in [6, 6.07) is 26.9. The van der Waals surface area contributed by atoms with Crippen LogP contribution in [0.3, 0.4) is 0 Å². The van der Waals surface area contributed by atoms with E-state index in [9.17, 15) is 14.9 Å². The first-order valence-electron chi connectivity index (χ1n) is 20.6. The van der Waals surface area contributed by atoms with Gasteiger partial charge in [0.05, 0.1) is 46.5 Å². The van der Waals surface area contributed by atoms with Crippen molar-refractivity contribution in [2.75, 3.05) is 38.9 Å². The van der Waals surface area contributed by atoms with Crippen LogP contribution in [0.4, 0.5) is 5.95 Å². The fraction of sp³-hybridized carbons (Fsp3) is 0.444. The fourth-order valence-electron chi connectivity index (χ4n) is 8.46. The van der Waals surface area contributed by atoms with Crippen LogP contribution in [0.2, 0.25) is 0 Å². The number of benzene rings is 3. The Bertz CT molecular complexity index is 2390. The lowest BCUT2D eigenvalue weighted by atomic mass is 9.79. The lowest BCUT2D eigenvalue weighted by molar-refractivity contribution is -0.157. The van der Waals surface area contributed by atoms with Gasteiger partial charge >= 0.3 is 5.69 Å². The number of H-pyrrole nitrogens is 1. The number of rotatable bonds is 18. The van der Waals surface area contributed by atoms with Gasteiger partial charge in [0.2, 0.25) is 5.95 Å². The molecule has 2 fully saturated rings. The van der Waals surface area contributed by atoms with Crippen molar-refractivity contribution >= 4 is 14.5 Å². The summed E-state index contributed by atoms with van der Waals surface area (Å²) in [6.07, 6.45) is -0.187. The Morgan fingerprint density at radius 3 is 2.08 bits per heavy atom. The monoisotopic (exact) mass is 866 g/mol. The topological polar surface area (TPSA) is 171 Å². The average Bonchev–Trinajstić information content (AvgIpc) is 3.88. The quantitative estimate of drug-likeness (QED) is 0.0607. The van der Waals surface area contributed by atoms with Gasteiger partial charge in [0.1, 0.15) is 40.7 Å². The number of ether oxygens (including phenoxy) is 4. The summed E-state index contributed by atoms with van der Waals surface area (Å²) < 4.78 is 45.1. The zero-order valence-electron chi connectivity index (χ0n) is 36.6. The van der Waals surface area contributed by atoms with Crippen LogP contribution in [0, 0.1) is 25.2 Å². The third-order valence-corrected chi connectivity index (χ3v) is 13.6. The van der Waals surface area contributed by atoms with Crippen LogP contribution < -0.4 is 25.6 Å². The lowest BCUT2D eigenvalue weighted by Crippen LogP contribution is -2.52. The van der Waals surface area contributed by atoms with Crippen molar-refractivity contribution in [3.8, 4) is 17.6 Å². The first-order chi connectivity index (χ1) is 29.8. The van der Waals surface area contributed by atoms with Crippen molar-refractivity contribution in [2.45, 2.75) is 89.6 Å². The van der Waals surface area contributed by atoms with E-state index in [2.05, 4.69) is 43.4 Å². The Morgan fingerprint density at radius 2 is 1.55 bits per heavy atom. The van der Waals surface area contributed by atoms with Gasteiger partial charge in [-0.15, -0.1) is 5.10 Å². The number of hydrogen-bond acceptors (Lipinski definition) is 13. The van der Waals surface area contributed by atoms with Crippen molar-refractivity contribution in [2.24, 2.45) is 7.05 Å². The van der Waals surface area contributed by atoms with Crippen molar-refractivity contribution in [1.29, 1.82) is 5.26 Å². The van der Waals surface area contributed by atoms with Crippen molar-refractivity contribution < 1.29 is 28.0 Å². The first-order valence-corrected chi connectivity index (χ1v) is 21.8. The Morgan fingerprint density at radius 1 is 0.952 bits per heavy atom. The molecule has 328 valence electrons. The zero-order valence-corrected chi connectivity index (χ0v) is 37.5. The van der Waals surface area contributed by atoms with E-state index in [0.717, 1.165) is 16.7 Å². The number of nitrogens with one attached hydrogen (secondary N) is 1. The van der Waals surface area contributed by atoms with Crippen LogP contribution in [0.1, 0.15) is 68.4 Å². The highest BCUT2D eigenvalue weighted by Crippen LogP contribution is 2.57. The van der Waals surface area contributed by atoms with Gasteiger partial charge in [-0.1, -0.05) is 54.6 Å². The molecule has 5 atom stereocenters. The minimum atomic E-state index is -1.85. The molecule has 0 radical (unpaired) electrons. The molecular weight excluding hydrogens is 812 g/mol. The van der Waals surface area contributed by atoms with E-state index < -0.39 is 49.4 Å². The summed E-state index contributed by atoms with van der Waals surface area (Å²) in [5.41, 5.74) is -0.927. The summed E-state index contributed by atoms with van der Waals surface area (Å²) in [5.74, 6) is 2.44. The largest absolute Gasteiger partial charge is 0.497 e. The summed E-state index contributed by atoms with van der Waals surface area (Å²) >= 11 is 0. The minimum absolute atomic E-state index is 0.0114. The smallest absolute Gasteiger partial charge is 0.330 e. The molecule has 0 spiro atoms. The molecule has 5 aromatic rings. The number of hydrogen-bond donors (Lipinski definition) is 1. The molecule has 2 bridgehead atoms. The lowest BCUT2D eigenvalue weighted by Gasteiger charge is -2.42. The van der Waals surface area contributed by atoms with Gasteiger partial charge in [0.15, 0.2) is 6.23 Å². The van der Waals surface area contributed by atoms with Gasteiger partial charge in [-0.2, -0.15) is 10.2 Å². The van der Waals surface area contributed by atoms with Crippen LogP contribution in [0.15, 0.2) is 94.6 Å². The molecule has 62 heavy (non-hydrogen) atoms. The molecule has 17 heteroatoms. The number of aromatic amines is 1. The normalized spacial score (nSPS) is 20.3. The standard InChI is InChI=1S/C45H55N8O8P/c1-29(2)53(30(3)4)62(59-25-13-24-46)61-39-38-41(51-26-31(5)40(54)48-43(51)55)60-44(39,27-52(38)42-47-32(6)50(7)49-42)28-58-45(33-14-11-10-12-15-33,34-16-20-36(56-8)21-17-34)35-18-22-37(57-9)23-19-35/h10-12,14-23,26,29-30,38-39,41H,13,25,27-28H2,1-9H3,(H,48,54,55)/t38-,39+,41-,44-,62?/m1/s1. The highest BCUT2D eigenvalue weighted by molar-refractivity contribution is 7.44. The molecule has 7 rings (SSSR count). The minimum Gasteiger partial charge on any atom is -0.497 e. The van der Waals surface area contributed by atoms with E-state index in [1.165, 1.54) is 10.8 Å². The van der Waals surface area contributed by atoms with E-state index in [4.69, 9.17) is 38.1 Å². The average molecular weight is 867 g/mol. The van der Waals surface area contributed by atoms with Gasteiger partial charge in [-0.25, -0.2) is 9.46 Å². The molecule has 1 unspecified atom stereocenters. The van der Waals surface area contributed by atoms with Crippen LogP contribution in [-0.2, 0) is 31.2 Å². The van der Waals surface area contributed by atoms with Crippen LogP contribution in [-0.4, -0.2) is 92.8 Å². The van der Waals surface area contributed by atoms with Gasteiger partial charge in [0, 0.05) is 30.9 Å². The SMILES string of the molecule is COc1ccc(C(OC[C@@]23CN(c4nc(C)n(C)n4)[C@@H]([C@H](n4cc(C)c(=O)[nH]c4=O)O2)[C@@H]3OP(OCCC#N)N(C(C)C)C(C)C)(c2ccccc2)c2ccc(OC)cc2)cc1. The van der Waals surface area contributed by atoms with E-state index in [0.29, 0.717) is 28.8 Å². The Labute approximate surface area is 362 Å². The molecule has 2 aromatic heterocycles. The van der Waals surface area contributed by atoms with Crippen molar-refractivity contribution in [3.05, 3.63) is 134 Å². The molecule has 0 amide bonds. The molecule has 2 saturated heterocycles. The number of fused-ring (bicyclic) bond motifs is 2. The van der Waals surface area contributed by atoms with E-state index in [-0.39, 0.29) is 38.3 Å². The number of nitriles is 1. The highest BCUT2D eigenvalue weighted by atomic mass is 31.2. The fourth-order valence-corrected chi connectivity index (χ4v) is 10.3. The maximum Gasteiger partial charge on any atom is 0.330 e. The molecule has 2 aliphatic rings. The van der Waals surface area contributed by atoms with E-state index in [1.54, 1.807) is 25.8 Å². The van der Waals surface area contributed by atoms with Gasteiger partial charge in [-0.05, 0) is 82.5 Å². The summed E-state index contributed by atoms with van der Waals surface area (Å²) in [4.78, 5) is 35.9. The van der Waals surface area contributed by atoms with Crippen LogP contribution >= 0.6 is 8.53 Å². The molecule has 3 aromatic carbocycles. The maximum atomic E-state index is 13.8. The number of nitrogens with zero attached hydrogens (tertiary/aromatic N) is 7. The molecule has 16 nitrogen and oxygen atoms in total. The summed E-state index contributed by atoms with van der Waals surface area (Å²) in [7, 11) is 3.22.